The summed E-state index contributed by atoms with van der Waals surface area (Å²) >= 11 is 0. The standard InChI is InChI=1S/C40H55FO2/c1-4-6-8-10-12-14-16-20-32-40(3,41)39(42)43-36-30-28-35(29-31-36)38-23-19-18-22-37(38)34-26-24-33(25-27-34)21-17-15-13-11-9-7-5-2/h18-19,22-31H,4-17,20-21,32H2,1-3H3. The number of halogens is 1. The Morgan fingerprint density at radius 2 is 1.05 bits per heavy atom. The van der Waals surface area contributed by atoms with E-state index in [4.69, 9.17) is 4.74 Å². The predicted molar refractivity (Wildman–Crippen MR) is 181 cm³/mol. The first-order valence-corrected chi connectivity index (χ1v) is 17.1. The molecule has 0 saturated carbocycles. The van der Waals surface area contributed by atoms with Crippen LogP contribution in [-0.2, 0) is 11.2 Å². The van der Waals surface area contributed by atoms with E-state index in [1.165, 1.54) is 95.1 Å². The second kappa shape index (κ2) is 19.4. The molecule has 3 aromatic carbocycles. The van der Waals surface area contributed by atoms with Crippen LogP contribution >= 0.6 is 0 Å². The van der Waals surface area contributed by atoms with Gasteiger partial charge < -0.3 is 4.74 Å². The van der Waals surface area contributed by atoms with Crippen molar-refractivity contribution in [3.63, 3.8) is 0 Å². The zero-order valence-electron chi connectivity index (χ0n) is 27.1. The molecule has 0 saturated heterocycles. The molecule has 3 rings (SSSR count). The van der Waals surface area contributed by atoms with Crippen molar-refractivity contribution >= 4 is 5.97 Å². The van der Waals surface area contributed by atoms with Gasteiger partial charge in [-0.3, -0.25) is 0 Å². The Morgan fingerprint density at radius 1 is 0.605 bits per heavy atom. The predicted octanol–water partition coefficient (Wildman–Crippen LogP) is 12.5. The van der Waals surface area contributed by atoms with E-state index in [0.29, 0.717) is 12.2 Å². The molecule has 3 heteroatoms. The lowest BCUT2D eigenvalue weighted by Crippen LogP contribution is -2.34. The third kappa shape index (κ3) is 12.3. The molecule has 0 aromatic heterocycles. The van der Waals surface area contributed by atoms with Gasteiger partial charge in [0.25, 0.3) is 0 Å². The van der Waals surface area contributed by atoms with Gasteiger partial charge in [-0.2, -0.15) is 0 Å². The van der Waals surface area contributed by atoms with E-state index in [-0.39, 0.29) is 6.42 Å². The van der Waals surface area contributed by atoms with Gasteiger partial charge in [0, 0.05) is 0 Å². The Hall–Kier alpha value is -2.94. The van der Waals surface area contributed by atoms with Crippen LogP contribution in [-0.4, -0.2) is 11.6 Å². The van der Waals surface area contributed by atoms with Crippen LogP contribution in [0.3, 0.4) is 0 Å². The number of carbonyl (C=O) groups excluding carboxylic acids is 1. The molecule has 0 aliphatic heterocycles. The molecule has 43 heavy (non-hydrogen) atoms. The van der Waals surface area contributed by atoms with Gasteiger partial charge >= 0.3 is 5.97 Å². The molecule has 0 N–H and O–H groups in total. The van der Waals surface area contributed by atoms with E-state index < -0.39 is 11.6 Å². The van der Waals surface area contributed by atoms with Crippen LogP contribution in [0.2, 0.25) is 0 Å². The highest BCUT2D eigenvalue weighted by Crippen LogP contribution is 2.33. The molecule has 0 radical (unpaired) electrons. The topological polar surface area (TPSA) is 26.3 Å². The fourth-order valence-electron chi connectivity index (χ4n) is 5.73. The number of aryl methyl sites for hydroxylation is 1. The Morgan fingerprint density at radius 3 is 1.56 bits per heavy atom. The number of alkyl halides is 1. The first-order valence-electron chi connectivity index (χ1n) is 17.1. The lowest BCUT2D eigenvalue weighted by molar-refractivity contribution is -0.147. The van der Waals surface area contributed by atoms with Crippen molar-refractivity contribution in [1.82, 2.24) is 0 Å². The molecule has 0 amide bonds. The number of rotatable bonds is 21. The molecule has 234 valence electrons. The highest BCUT2D eigenvalue weighted by atomic mass is 19.1. The lowest BCUT2D eigenvalue weighted by atomic mass is 9.93. The summed E-state index contributed by atoms with van der Waals surface area (Å²) < 4.78 is 20.6. The maximum atomic E-state index is 15.1. The summed E-state index contributed by atoms with van der Waals surface area (Å²) in [6, 6.07) is 24.8. The summed E-state index contributed by atoms with van der Waals surface area (Å²) in [4.78, 5) is 12.6. The average molecular weight is 587 g/mol. The maximum Gasteiger partial charge on any atom is 0.348 e. The van der Waals surface area contributed by atoms with Crippen LogP contribution in [0.5, 0.6) is 5.75 Å². The minimum absolute atomic E-state index is 0.199. The van der Waals surface area contributed by atoms with E-state index in [2.05, 4.69) is 56.3 Å². The molecule has 1 atom stereocenters. The normalized spacial score (nSPS) is 12.7. The van der Waals surface area contributed by atoms with Gasteiger partial charge in [0.05, 0.1) is 0 Å². The second-order valence-corrected chi connectivity index (χ2v) is 12.5. The zero-order chi connectivity index (χ0) is 30.8. The summed E-state index contributed by atoms with van der Waals surface area (Å²) in [6.07, 6.45) is 19.6. The first-order chi connectivity index (χ1) is 20.9. The molecule has 0 heterocycles. The third-order valence-electron chi connectivity index (χ3n) is 8.56. The average Bonchev–Trinajstić information content (AvgIpc) is 3.02. The molecule has 0 aliphatic carbocycles. The fourth-order valence-corrected chi connectivity index (χ4v) is 5.73. The van der Waals surface area contributed by atoms with E-state index in [1.54, 1.807) is 12.1 Å². The molecular weight excluding hydrogens is 531 g/mol. The second-order valence-electron chi connectivity index (χ2n) is 12.5. The van der Waals surface area contributed by atoms with Gasteiger partial charge in [0.2, 0.25) is 5.67 Å². The Kier molecular flexibility index (Phi) is 15.6. The molecule has 2 nitrogen and oxygen atoms in total. The van der Waals surface area contributed by atoms with Gasteiger partial charge in [0.15, 0.2) is 0 Å². The Balaban J connectivity index is 1.51. The number of unbranched alkanes of at least 4 members (excludes halogenated alkanes) is 13. The van der Waals surface area contributed by atoms with Crippen molar-refractivity contribution in [2.75, 3.05) is 0 Å². The van der Waals surface area contributed by atoms with Crippen LogP contribution in [0.4, 0.5) is 4.39 Å². The highest BCUT2D eigenvalue weighted by molar-refractivity contribution is 5.84. The van der Waals surface area contributed by atoms with Crippen molar-refractivity contribution in [3.05, 3.63) is 78.4 Å². The van der Waals surface area contributed by atoms with Crippen LogP contribution in [0.25, 0.3) is 22.3 Å². The monoisotopic (exact) mass is 586 g/mol. The van der Waals surface area contributed by atoms with Crippen LogP contribution in [0, 0.1) is 0 Å². The number of carbonyl (C=O) groups is 1. The van der Waals surface area contributed by atoms with Crippen molar-refractivity contribution in [1.29, 1.82) is 0 Å². The zero-order valence-corrected chi connectivity index (χ0v) is 27.1. The summed E-state index contributed by atoms with van der Waals surface area (Å²) in [5.41, 5.74) is 3.91. The molecular formula is C40H55FO2. The maximum absolute atomic E-state index is 15.1. The van der Waals surface area contributed by atoms with Crippen molar-refractivity contribution in [2.24, 2.45) is 0 Å². The van der Waals surface area contributed by atoms with Gasteiger partial charge in [-0.25, -0.2) is 9.18 Å². The van der Waals surface area contributed by atoms with Crippen molar-refractivity contribution in [2.45, 2.75) is 136 Å². The van der Waals surface area contributed by atoms with Gasteiger partial charge in [-0.1, -0.05) is 158 Å². The fraction of sp³-hybridized carbons (Fsp3) is 0.525. The van der Waals surface area contributed by atoms with Crippen LogP contribution < -0.4 is 4.74 Å². The van der Waals surface area contributed by atoms with Crippen LogP contribution in [0.15, 0.2) is 72.8 Å². The summed E-state index contributed by atoms with van der Waals surface area (Å²) in [5.74, 6) is -0.430. The minimum Gasteiger partial charge on any atom is -0.424 e. The number of benzene rings is 3. The summed E-state index contributed by atoms with van der Waals surface area (Å²) in [7, 11) is 0. The van der Waals surface area contributed by atoms with E-state index >= 15 is 4.39 Å². The SMILES string of the molecule is CCCCCCCCCCC(C)(F)C(=O)Oc1ccc(-c2ccccc2-c2ccc(CCCCCCCCC)cc2)cc1. The third-order valence-corrected chi connectivity index (χ3v) is 8.56. The van der Waals surface area contributed by atoms with Crippen molar-refractivity contribution < 1.29 is 13.9 Å². The summed E-state index contributed by atoms with van der Waals surface area (Å²) in [5, 5.41) is 0. The Bertz CT molecular complexity index is 1180. The smallest absolute Gasteiger partial charge is 0.348 e. The summed E-state index contributed by atoms with van der Waals surface area (Å²) in [6.45, 7) is 5.83. The molecule has 0 spiro atoms. The van der Waals surface area contributed by atoms with Gasteiger partial charge in [0.1, 0.15) is 5.75 Å². The van der Waals surface area contributed by atoms with E-state index in [0.717, 1.165) is 36.0 Å². The van der Waals surface area contributed by atoms with E-state index in [1.807, 2.05) is 18.2 Å². The number of esters is 1. The largest absolute Gasteiger partial charge is 0.424 e. The molecule has 3 aromatic rings. The number of hydrogen-bond donors (Lipinski definition) is 0. The molecule has 0 bridgehead atoms. The molecule has 1 unspecified atom stereocenters. The minimum atomic E-state index is -1.98. The molecule has 0 aliphatic rings. The van der Waals surface area contributed by atoms with Gasteiger partial charge in [-0.15, -0.1) is 0 Å². The Labute approximate surface area is 261 Å². The highest BCUT2D eigenvalue weighted by Gasteiger charge is 2.34. The molecule has 0 fully saturated rings. The quantitative estimate of drug-likeness (QED) is 0.0705. The number of hydrogen-bond acceptors (Lipinski definition) is 2. The van der Waals surface area contributed by atoms with E-state index in [9.17, 15) is 4.79 Å². The first kappa shape index (κ1) is 34.5. The lowest BCUT2D eigenvalue weighted by Gasteiger charge is -2.18. The number of ether oxygens (including phenoxy) is 1. The van der Waals surface area contributed by atoms with Crippen LogP contribution in [0.1, 0.15) is 129 Å². The van der Waals surface area contributed by atoms with Gasteiger partial charge in [-0.05, 0) is 72.6 Å². The van der Waals surface area contributed by atoms with Crippen molar-refractivity contribution in [3.8, 4) is 28.0 Å².